The third-order valence-electron chi connectivity index (χ3n) is 4.29. The van der Waals surface area contributed by atoms with Crippen LogP contribution in [0.4, 0.5) is 0 Å². The third kappa shape index (κ3) is 3.07. The molecule has 2 aromatic carbocycles. The first kappa shape index (κ1) is 16.3. The van der Waals surface area contributed by atoms with E-state index < -0.39 is 0 Å². The van der Waals surface area contributed by atoms with Crippen LogP contribution in [0, 0.1) is 0 Å². The smallest absolute Gasteiger partial charge is 0.221 e. The molecule has 0 unspecified atom stereocenters. The Balaban J connectivity index is 2.25. The summed E-state index contributed by atoms with van der Waals surface area (Å²) >= 11 is 0. The molecule has 0 aliphatic carbocycles. The highest BCUT2D eigenvalue weighted by molar-refractivity contribution is 6.00. The van der Waals surface area contributed by atoms with E-state index in [0.29, 0.717) is 5.88 Å². The summed E-state index contributed by atoms with van der Waals surface area (Å²) in [7, 11) is 3.37. The molecule has 0 bridgehead atoms. The lowest BCUT2D eigenvalue weighted by Gasteiger charge is -2.15. The number of ether oxygens (including phenoxy) is 2. The fraction of sp³-hybridized carbons (Fsp3) is 0.286. The lowest BCUT2D eigenvalue weighted by molar-refractivity contribution is 0.402. The average Bonchev–Trinajstić information content (AvgIpc) is 2.65. The molecule has 0 spiro atoms. The van der Waals surface area contributed by atoms with Gasteiger partial charge in [-0.25, -0.2) is 4.98 Å². The first-order valence-electron chi connectivity index (χ1n) is 8.38. The van der Waals surface area contributed by atoms with Crippen molar-refractivity contribution in [3.63, 3.8) is 0 Å². The molecule has 0 amide bonds. The van der Waals surface area contributed by atoms with Crippen LogP contribution in [-0.2, 0) is 6.42 Å². The van der Waals surface area contributed by atoms with Crippen LogP contribution in [0.3, 0.4) is 0 Å². The minimum atomic E-state index is 0.703. The molecule has 0 N–H and O–H groups in total. The molecule has 1 aromatic heterocycles. The molecule has 0 saturated heterocycles. The van der Waals surface area contributed by atoms with E-state index in [4.69, 9.17) is 14.5 Å². The van der Waals surface area contributed by atoms with Gasteiger partial charge >= 0.3 is 0 Å². The number of nitrogens with zero attached hydrogens (tertiary/aromatic N) is 1. The van der Waals surface area contributed by atoms with E-state index in [0.717, 1.165) is 41.7 Å². The Bertz CT molecular complexity index is 825. The summed E-state index contributed by atoms with van der Waals surface area (Å²) in [6.45, 7) is 2.20. The van der Waals surface area contributed by atoms with Crippen LogP contribution in [0.25, 0.3) is 21.9 Å². The monoisotopic (exact) mass is 321 g/mol. The second-order valence-electron chi connectivity index (χ2n) is 5.82. The van der Waals surface area contributed by atoms with E-state index in [1.54, 1.807) is 14.2 Å². The lowest BCUT2D eigenvalue weighted by atomic mass is 9.95. The maximum absolute atomic E-state index is 5.54. The molecule has 3 nitrogen and oxygen atoms in total. The van der Waals surface area contributed by atoms with Crippen molar-refractivity contribution in [1.82, 2.24) is 4.98 Å². The number of benzene rings is 2. The van der Waals surface area contributed by atoms with Crippen molar-refractivity contribution in [3.05, 3.63) is 54.2 Å². The number of aryl methyl sites for hydroxylation is 1. The first-order valence-corrected chi connectivity index (χ1v) is 8.38. The number of hydrogen-bond acceptors (Lipinski definition) is 3. The van der Waals surface area contributed by atoms with Crippen LogP contribution in [0.5, 0.6) is 11.6 Å². The average molecular weight is 321 g/mol. The van der Waals surface area contributed by atoms with Crippen molar-refractivity contribution in [1.29, 1.82) is 0 Å². The highest BCUT2D eigenvalue weighted by atomic mass is 16.5. The third-order valence-corrected chi connectivity index (χ3v) is 4.29. The van der Waals surface area contributed by atoms with E-state index in [9.17, 15) is 0 Å². The molecule has 0 saturated carbocycles. The van der Waals surface area contributed by atoms with Crippen molar-refractivity contribution in [2.24, 2.45) is 0 Å². The Morgan fingerprint density at radius 3 is 2.21 bits per heavy atom. The molecular weight excluding hydrogens is 298 g/mol. The molecule has 24 heavy (non-hydrogen) atoms. The predicted molar refractivity (Wildman–Crippen MR) is 98.9 cm³/mol. The Labute approximate surface area is 143 Å². The van der Waals surface area contributed by atoms with Crippen molar-refractivity contribution in [2.75, 3.05) is 14.2 Å². The zero-order valence-corrected chi connectivity index (χ0v) is 14.5. The molecule has 124 valence electrons. The predicted octanol–water partition coefficient (Wildman–Crippen LogP) is 5.26. The van der Waals surface area contributed by atoms with E-state index >= 15 is 0 Å². The number of methoxy groups -OCH3 is 2. The van der Waals surface area contributed by atoms with Crippen molar-refractivity contribution in [3.8, 4) is 22.8 Å². The Morgan fingerprint density at radius 2 is 1.58 bits per heavy atom. The number of rotatable bonds is 6. The van der Waals surface area contributed by atoms with Gasteiger partial charge in [-0.15, -0.1) is 0 Å². The van der Waals surface area contributed by atoms with E-state index in [1.165, 1.54) is 10.9 Å². The molecule has 1 heterocycles. The fourth-order valence-corrected chi connectivity index (χ4v) is 3.04. The Hall–Kier alpha value is -2.55. The number of hydrogen-bond donors (Lipinski definition) is 0. The van der Waals surface area contributed by atoms with Crippen molar-refractivity contribution < 1.29 is 9.47 Å². The summed E-state index contributed by atoms with van der Waals surface area (Å²) in [5.41, 5.74) is 3.45. The maximum Gasteiger partial charge on any atom is 0.221 e. The van der Waals surface area contributed by atoms with Gasteiger partial charge in [-0.3, -0.25) is 0 Å². The van der Waals surface area contributed by atoms with Gasteiger partial charge in [-0.2, -0.15) is 0 Å². The normalized spacial score (nSPS) is 10.8. The summed E-state index contributed by atoms with van der Waals surface area (Å²) in [6, 6.07) is 16.5. The van der Waals surface area contributed by atoms with Gasteiger partial charge in [0.15, 0.2) is 0 Å². The van der Waals surface area contributed by atoms with Crippen LogP contribution in [0.2, 0.25) is 0 Å². The topological polar surface area (TPSA) is 31.4 Å². The summed E-state index contributed by atoms with van der Waals surface area (Å²) in [5, 5.41) is 2.23. The zero-order chi connectivity index (χ0) is 16.9. The summed E-state index contributed by atoms with van der Waals surface area (Å²) in [4.78, 5) is 4.82. The summed E-state index contributed by atoms with van der Waals surface area (Å²) in [6.07, 6.45) is 3.19. The van der Waals surface area contributed by atoms with Gasteiger partial charge in [0, 0.05) is 10.9 Å². The van der Waals surface area contributed by atoms with Gasteiger partial charge in [-0.05, 0) is 42.0 Å². The van der Waals surface area contributed by atoms with Crippen LogP contribution >= 0.6 is 0 Å². The SMILES string of the molecule is CCCCc1nc(OC)c2ccccc2c1-c1ccc(OC)cc1. The van der Waals surface area contributed by atoms with Gasteiger partial charge < -0.3 is 9.47 Å². The molecule has 3 heteroatoms. The number of pyridine rings is 1. The molecule has 3 rings (SSSR count). The lowest BCUT2D eigenvalue weighted by Crippen LogP contribution is -2.00. The second kappa shape index (κ2) is 7.35. The summed E-state index contributed by atoms with van der Waals surface area (Å²) < 4.78 is 10.8. The maximum atomic E-state index is 5.54. The van der Waals surface area contributed by atoms with Gasteiger partial charge in [-0.1, -0.05) is 43.7 Å². The summed E-state index contributed by atoms with van der Waals surface area (Å²) in [5.74, 6) is 1.56. The standard InChI is InChI=1S/C21H23NO2/c1-4-5-10-19-20(15-11-13-16(23-2)14-12-15)17-8-6-7-9-18(17)21(22-19)24-3/h6-9,11-14H,4-5,10H2,1-3H3. The van der Waals surface area contributed by atoms with Crippen LogP contribution in [-0.4, -0.2) is 19.2 Å². The second-order valence-corrected chi connectivity index (χ2v) is 5.82. The van der Waals surface area contributed by atoms with E-state index in [-0.39, 0.29) is 0 Å². The molecule has 0 aliphatic rings. The van der Waals surface area contributed by atoms with Crippen molar-refractivity contribution in [2.45, 2.75) is 26.2 Å². The van der Waals surface area contributed by atoms with Crippen molar-refractivity contribution >= 4 is 10.8 Å². The number of unbranched alkanes of at least 4 members (excludes halogenated alkanes) is 1. The number of aromatic nitrogens is 1. The molecule has 0 aliphatic heterocycles. The number of fused-ring (bicyclic) bond motifs is 1. The minimum absolute atomic E-state index is 0.703. The van der Waals surface area contributed by atoms with Gasteiger partial charge in [0.1, 0.15) is 5.75 Å². The molecular formula is C21H23NO2. The quantitative estimate of drug-likeness (QED) is 0.620. The van der Waals surface area contributed by atoms with Gasteiger partial charge in [0.2, 0.25) is 5.88 Å². The fourth-order valence-electron chi connectivity index (χ4n) is 3.04. The molecule has 3 aromatic rings. The Kier molecular flexibility index (Phi) is 4.99. The molecule has 0 radical (unpaired) electrons. The first-order chi connectivity index (χ1) is 11.8. The highest BCUT2D eigenvalue weighted by Crippen LogP contribution is 2.36. The molecule has 0 fully saturated rings. The highest BCUT2D eigenvalue weighted by Gasteiger charge is 2.15. The Morgan fingerprint density at radius 1 is 0.875 bits per heavy atom. The van der Waals surface area contributed by atoms with Gasteiger partial charge in [0.25, 0.3) is 0 Å². The van der Waals surface area contributed by atoms with Gasteiger partial charge in [0.05, 0.1) is 19.9 Å². The molecule has 0 atom stereocenters. The van der Waals surface area contributed by atoms with E-state index in [2.05, 4.69) is 37.3 Å². The van der Waals surface area contributed by atoms with Crippen LogP contribution in [0.1, 0.15) is 25.5 Å². The largest absolute Gasteiger partial charge is 0.497 e. The zero-order valence-electron chi connectivity index (χ0n) is 14.5. The minimum Gasteiger partial charge on any atom is -0.497 e. The van der Waals surface area contributed by atoms with E-state index in [1.807, 2.05) is 18.2 Å². The van der Waals surface area contributed by atoms with Crippen LogP contribution in [0.15, 0.2) is 48.5 Å². The van der Waals surface area contributed by atoms with Crippen LogP contribution < -0.4 is 9.47 Å².